The van der Waals surface area contributed by atoms with Gasteiger partial charge in [0.15, 0.2) is 5.96 Å². The van der Waals surface area contributed by atoms with E-state index in [1.165, 1.54) is 7.05 Å². The largest absolute Gasteiger partial charge is 0.445 e. The fourth-order valence-electron chi connectivity index (χ4n) is 2.08. The molecule has 1 aromatic rings. The molecule has 1 unspecified atom stereocenters. The number of carbonyl (C=O) groups excluding carboxylic acids is 3. The summed E-state index contributed by atoms with van der Waals surface area (Å²) >= 11 is 0. The Morgan fingerprint density at radius 2 is 1.89 bits per heavy atom. The van der Waals surface area contributed by atoms with Crippen LogP contribution in [0.1, 0.15) is 18.4 Å². The van der Waals surface area contributed by atoms with E-state index in [2.05, 4.69) is 21.3 Å². The van der Waals surface area contributed by atoms with Crippen LogP contribution < -0.4 is 27.0 Å². The Hall–Kier alpha value is -3.30. The first kappa shape index (κ1) is 21.7. The third kappa shape index (κ3) is 9.68. The summed E-state index contributed by atoms with van der Waals surface area (Å²) in [4.78, 5) is 35.5. The van der Waals surface area contributed by atoms with E-state index in [4.69, 9.17) is 15.9 Å². The summed E-state index contributed by atoms with van der Waals surface area (Å²) in [6, 6.07) is 8.25. The number of hydrogen-bond acceptors (Lipinski definition) is 5. The van der Waals surface area contributed by atoms with E-state index in [-0.39, 0.29) is 31.4 Å². The van der Waals surface area contributed by atoms with Gasteiger partial charge < -0.3 is 31.7 Å². The van der Waals surface area contributed by atoms with Gasteiger partial charge in [0, 0.05) is 13.6 Å². The minimum Gasteiger partial charge on any atom is -0.445 e. The van der Waals surface area contributed by atoms with Crippen molar-refractivity contribution in [3.63, 3.8) is 0 Å². The van der Waals surface area contributed by atoms with Crippen molar-refractivity contribution < 1.29 is 19.1 Å². The molecule has 148 valence electrons. The third-order valence-corrected chi connectivity index (χ3v) is 3.51. The topological polar surface area (TPSA) is 158 Å². The zero-order valence-corrected chi connectivity index (χ0v) is 15.2. The van der Waals surface area contributed by atoms with Crippen LogP contribution in [0, 0.1) is 5.41 Å². The van der Waals surface area contributed by atoms with Gasteiger partial charge >= 0.3 is 6.09 Å². The molecule has 10 heteroatoms. The van der Waals surface area contributed by atoms with Crippen molar-refractivity contribution in [2.45, 2.75) is 25.5 Å². The van der Waals surface area contributed by atoms with E-state index in [9.17, 15) is 14.4 Å². The first-order chi connectivity index (χ1) is 12.9. The van der Waals surface area contributed by atoms with Crippen LogP contribution in [0.4, 0.5) is 4.79 Å². The molecule has 0 radical (unpaired) electrons. The van der Waals surface area contributed by atoms with E-state index in [0.717, 1.165) is 5.56 Å². The average Bonchev–Trinajstić information content (AvgIpc) is 2.67. The quantitative estimate of drug-likeness (QED) is 0.181. The van der Waals surface area contributed by atoms with Gasteiger partial charge in [-0.3, -0.25) is 15.0 Å². The third-order valence-electron chi connectivity index (χ3n) is 3.51. The van der Waals surface area contributed by atoms with Crippen molar-refractivity contribution in [1.29, 1.82) is 5.41 Å². The number of alkyl carbamates (subject to hydrolysis) is 1. The van der Waals surface area contributed by atoms with E-state index >= 15 is 0 Å². The number of benzene rings is 1. The molecule has 0 aromatic heterocycles. The number of rotatable bonds is 10. The predicted molar refractivity (Wildman–Crippen MR) is 99.8 cm³/mol. The predicted octanol–water partition coefficient (Wildman–Crippen LogP) is -0.593. The van der Waals surface area contributed by atoms with Gasteiger partial charge in [-0.2, -0.15) is 0 Å². The minimum absolute atomic E-state index is 0.0745. The zero-order valence-electron chi connectivity index (χ0n) is 15.2. The van der Waals surface area contributed by atoms with Crippen molar-refractivity contribution >= 4 is 23.9 Å². The van der Waals surface area contributed by atoms with Crippen molar-refractivity contribution in [1.82, 2.24) is 21.3 Å². The Labute approximate surface area is 157 Å². The highest BCUT2D eigenvalue weighted by Crippen LogP contribution is 2.02. The molecule has 7 N–H and O–H groups in total. The lowest BCUT2D eigenvalue weighted by atomic mass is 10.1. The Bertz CT molecular complexity index is 638. The second-order valence-corrected chi connectivity index (χ2v) is 5.63. The van der Waals surface area contributed by atoms with Crippen LogP contribution in [-0.4, -0.2) is 50.0 Å². The van der Waals surface area contributed by atoms with Gasteiger partial charge in [-0.15, -0.1) is 0 Å². The van der Waals surface area contributed by atoms with Crippen molar-refractivity contribution in [3.05, 3.63) is 35.9 Å². The Morgan fingerprint density at radius 3 is 2.52 bits per heavy atom. The maximum absolute atomic E-state index is 12.3. The van der Waals surface area contributed by atoms with Gasteiger partial charge in [-0.05, 0) is 18.4 Å². The highest BCUT2D eigenvalue weighted by Gasteiger charge is 2.21. The molecule has 0 fully saturated rings. The summed E-state index contributed by atoms with van der Waals surface area (Å²) in [6.45, 7) is 0.249. The molecule has 1 aromatic carbocycles. The number of amides is 3. The average molecular weight is 378 g/mol. The number of nitrogens with two attached hydrogens (primary N) is 1. The van der Waals surface area contributed by atoms with Crippen LogP contribution in [-0.2, 0) is 20.9 Å². The number of guanidine groups is 1. The number of nitrogens with one attached hydrogen (secondary N) is 5. The molecule has 1 rings (SSSR count). The molecule has 0 aliphatic heterocycles. The standard InChI is InChI=1S/C17H26N6O4/c1-20-14(24)10-22-15(25)13(8-5-9-21-16(18)19)23-17(26)27-11-12-6-3-2-4-7-12/h2-4,6-7,13H,5,8-11H2,1H3,(H,20,24)(H,22,25)(H,23,26)(H4,18,19,21). The van der Waals surface area contributed by atoms with Crippen LogP contribution in [0.3, 0.4) is 0 Å². The number of ether oxygens (including phenoxy) is 1. The van der Waals surface area contributed by atoms with Gasteiger partial charge in [0.25, 0.3) is 0 Å². The van der Waals surface area contributed by atoms with Crippen LogP contribution in [0.2, 0.25) is 0 Å². The second-order valence-electron chi connectivity index (χ2n) is 5.63. The van der Waals surface area contributed by atoms with E-state index in [1.54, 1.807) is 0 Å². The molecule has 0 spiro atoms. The van der Waals surface area contributed by atoms with Gasteiger partial charge in [-0.1, -0.05) is 30.3 Å². The SMILES string of the molecule is CNC(=O)CNC(=O)C(CCCNC(=N)N)NC(=O)OCc1ccccc1. The van der Waals surface area contributed by atoms with Gasteiger partial charge in [-0.25, -0.2) is 4.79 Å². The maximum Gasteiger partial charge on any atom is 0.408 e. The molecular formula is C17H26N6O4. The lowest BCUT2D eigenvalue weighted by Gasteiger charge is -2.18. The summed E-state index contributed by atoms with van der Waals surface area (Å²) < 4.78 is 5.12. The monoisotopic (exact) mass is 378 g/mol. The smallest absolute Gasteiger partial charge is 0.408 e. The molecule has 0 aliphatic rings. The lowest BCUT2D eigenvalue weighted by molar-refractivity contribution is -0.127. The Morgan fingerprint density at radius 1 is 1.19 bits per heavy atom. The van der Waals surface area contributed by atoms with Crippen molar-refractivity contribution in [2.24, 2.45) is 5.73 Å². The molecule has 0 saturated carbocycles. The van der Waals surface area contributed by atoms with E-state index in [0.29, 0.717) is 13.0 Å². The minimum atomic E-state index is -0.883. The maximum atomic E-state index is 12.3. The zero-order chi connectivity index (χ0) is 20.1. The first-order valence-electron chi connectivity index (χ1n) is 8.45. The van der Waals surface area contributed by atoms with Gasteiger partial charge in [0.2, 0.25) is 11.8 Å². The fraction of sp³-hybridized carbons (Fsp3) is 0.412. The van der Waals surface area contributed by atoms with E-state index < -0.39 is 18.0 Å². The highest BCUT2D eigenvalue weighted by molar-refractivity contribution is 5.89. The molecule has 1 atom stereocenters. The summed E-state index contributed by atoms with van der Waals surface area (Å²) in [5.41, 5.74) is 6.02. The lowest BCUT2D eigenvalue weighted by Crippen LogP contribution is -2.49. The normalized spacial score (nSPS) is 11.0. The molecule has 27 heavy (non-hydrogen) atoms. The summed E-state index contributed by atoms with van der Waals surface area (Å²) in [5, 5.41) is 17.1. The number of carbonyl (C=O) groups is 3. The van der Waals surface area contributed by atoms with Crippen molar-refractivity contribution in [2.75, 3.05) is 20.1 Å². The molecule has 0 aliphatic carbocycles. The van der Waals surface area contributed by atoms with Crippen LogP contribution in [0.25, 0.3) is 0 Å². The summed E-state index contributed by atoms with van der Waals surface area (Å²) in [5.74, 6) is -1.03. The van der Waals surface area contributed by atoms with Crippen LogP contribution in [0.5, 0.6) is 0 Å². The highest BCUT2D eigenvalue weighted by atomic mass is 16.5. The molecular weight excluding hydrogens is 352 g/mol. The van der Waals surface area contributed by atoms with Gasteiger partial charge in [0.1, 0.15) is 12.6 Å². The second kappa shape index (κ2) is 12.1. The Balaban J connectivity index is 2.54. The van der Waals surface area contributed by atoms with Crippen molar-refractivity contribution in [3.8, 4) is 0 Å². The number of hydrogen-bond donors (Lipinski definition) is 6. The fourth-order valence-corrected chi connectivity index (χ4v) is 2.08. The van der Waals surface area contributed by atoms with Crippen LogP contribution >= 0.6 is 0 Å². The first-order valence-corrected chi connectivity index (χ1v) is 8.45. The molecule has 10 nitrogen and oxygen atoms in total. The Kier molecular flexibility index (Phi) is 9.76. The van der Waals surface area contributed by atoms with Gasteiger partial charge in [0.05, 0.1) is 6.54 Å². The molecule has 0 saturated heterocycles. The number of likely N-dealkylation sites (N-methyl/N-ethyl adjacent to an activating group) is 1. The molecule has 0 bridgehead atoms. The summed E-state index contributed by atoms with van der Waals surface area (Å²) in [7, 11) is 1.46. The van der Waals surface area contributed by atoms with Crippen LogP contribution in [0.15, 0.2) is 30.3 Å². The molecule has 3 amide bonds. The molecule has 0 heterocycles. The summed E-state index contributed by atoms with van der Waals surface area (Å²) in [6.07, 6.45) is 0.00940. The van der Waals surface area contributed by atoms with E-state index in [1.807, 2.05) is 30.3 Å².